The fourth-order valence-electron chi connectivity index (χ4n) is 0.490. The molecule has 0 saturated carbocycles. The molecule has 0 aromatic rings. The highest BCUT2D eigenvalue weighted by molar-refractivity contribution is 4.64. The third-order valence-corrected chi connectivity index (χ3v) is 1.13. The van der Waals surface area contributed by atoms with Gasteiger partial charge in [0, 0.05) is 0 Å². The lowest BCUT2D eigenvalue weighted by molar-refractivity contribution is 0.00762. The van der Waals surface area contributed by atoms with Gasteiger partial charge in [-0.3, -0.25) is 5.84 Å². The fraction of sp³-hybridized carbons (Fsp3) is 1.00. The van der Waals surface area contributed by atoms with Gasteiger partial charge in [-0.15, -0.1) is 0 Å². The molecule has 0 heterocycles. The maximum absolute atomic E-state index is 11.9. The van der Waals surface area contributed by atoms with Gasteiger partial charge in [0.05, 0.1) is 12.7 Å². The lowest BCUT2D eigenvalue weighted by Crippen LogP contribution is -2.44. The number of rotatable bonds is 5. The van der Waals surface area contributed by atoms with E-state index in [1.807, 2.05) is 5.43 Å². The molecule has 0 fully saturated rings. The van der Waals surface area contributed by atoms with Gasteiger partial charge in [-0.1, -0.05) is 0 Å². The van der Waals surface area contributed by atoms with Crippen molar-refractivity contribution in [1.29, 1.82) is 0 Å². The Morgan fingerprint density at radius 3 is 2.27 bits per heavy atom. The second kappa shape index (κ2) is 5.40. The Kier molecular flexibility index (Phi) is 5.27. The lowest BCUT2D eigenvalue weighted by atomic mass is 10.3. The van der Waals surface area contributed by atoms with Crippen LogP contribution in [0.4, 0.5) is 8.78 Å². The monoisotopic (exact) mass is 168 g/mol. The summed E-state index contributed by atoms with van der Waals surface area (Å²) in [5.74, 6) is 4.85. The molecule has 0 bridgehead atoms. The van der Waals surface area contributed by atoms with Crippen LogP contribution in [-0.4, -0.2) is 25.2 Å². The van der Waals surface area contributed by atoms with Gasteiger partial charge in [-0.25, -0.2) is 14.2 Å². The van der Waals surface area contributed by atoms with Crippen LogP contribution in [0.25, 0.3) is 0 Å². The van der Waals surface area contributed by atoms with Crippen LogP contribution < -0.4 is 11.3 Å². The smallest absolute Gasteiger partial charge is 0.257 e. The molecule has 0 saturated heterocycles. The van der Waals surface area contributed by atoms with Gasteiger partial charge in [0.15, 0.2) is 0 Å². The number of alkyl halides is 2. The fourth-order valence-corrected chi connectivity index (χ4v) is 0.490. The van der Waals surface area contributed by atoms with E-state index in [9.17, 15) is 8.78 Å². The molecule has 0 radical (unpaired) electrons. The molecule has 1 atom stereocenters. The number of nitrogens with two attached hydrogens (primary N) is 1. The molecule has 11 heavy (non-hydrogen) atoms. The van der Waals surface area contributed by atoms with Crippen molar-refractivity contribution in [2.75, 3.05) is 6.61 Å². The van der Waals surface area contributed by atoms with Crippen molar-refractivity contribution in [1.82, 2.24) is 5.43 Å². The van der Waals surface area contributed by atoms with Crippen LogP contribution >= 0.6 is 0 Å². The van der Waals surface area contributed by atoms with E-state index in [4.69, 9.17) is 10.6 Å². The van der Waals surface area contributed by atoms with E-state index < -0.39 is 12.5 Å². The first-order valence-corrected chi connectivity index (χ1v) is 3.43. The standard InChI is InChI=1S/C6H14F2N2O/c1-4(2)11-3-5(10-9)6(7)8/h4-6,10H,3,9H2,1-2H3. The zero-order valence-corrected chi connectivity index (χ0v) is 6.68. The molecule has 0 aliphatic heterocycles. The number of hydrazine groups is 1. The summed E-state index contributed by atoms with van der Waals surface area (Å²) in [5.41, 5.74) is 1.98. The van der Waals surface area contributed by atoms with Gasteiger partial charge < -0.3 is 4.74 Å². The summed E-state index contributed by atoms with van der Waals surface area (Å²) >= 11 is 0. The van der Waals surface area contributed by atoms with Crippen LogP contribution in [0.3, 0.4) is 0 Å². The van der Waals surface area contributed by atoms with Crippen molar-refractivity contribution < 1.29 is 13.5 Å². The molecule has 3 N–H and O–H groups in total. The van der Waals surface area contributed by atoms with Gasteiger partial charge in [0.1, 0.15) is 6.04 Å². The van der Waals surface area contributed by atoms with Crippen LogP contribution in [0.5, 0.6) is 0 Å². The lowest BCUT2D eigenvalue weighted by Gasteiger charge is -2.16. The third kappa shape index (κ3) is 5.06. The molecule has 0 aromatic heterocycles. The van der Waals surface area contributed by atoms with Crippen LogP contribution in [0, 0.1) is 0 Å². The first kappa shape index (κ1) is 10.7. The number of ether oxygens (including phenoxy) is 1. The minimum absolute atomic E-state index is 0.0513. The number of halogens is 2. The van der Waals surface area contributed by atoms with Crippen molar-refractivity contribution in [2.45, 2.75) is 32.4 Å². The second-order valence-electron chi connectivity index (χ2n) is 2.49. The molecular weight excluding hydrogens is 154 g/mol. The molecule has 1 unspecified atom stereocenters. The molecule has 68 valence electrons. The molecule has 0 spiro atoms. The van der Waals surface area contributed by atoms with Crippen LogP contribution in [-0.2, 0) is 4.74 Å². The van der Waals surface area contributed by atoms with E-state index in [1.165, 1.54) is 0 Å². The first-order valence-electron chi connectivity index (χ1n) is 3.43. The maximum atomic E-state index is 11.9. The molecule has 0 rings (SSSR count). The molecular formula is C6H14F2N2O. The second-order valence-corrected chi connectivity index (χ2v) is 2.49. The maximum Gasteiger partial charge on any atom is 0.257 e. The zero-order chi connectivity index (χ0) is 8.85. The molecule has 0 amide bonds. The van der Waals surface area contributed by atoms with E-state index in [0.717, 1.165) is 0 Å². The highest BCUT2D eigenvalue weighted by Crippen LogP contribution is 2.01. The van der Waals surface area contributed by atoms with Crippen LogP contribution in [0.15, 0.2) is 0 Å². The predicted octanol–water partition coefficient (Wildman–Crippen LogP) is 0.508. The van der Waals surface area contributed by atoms with E-state index in [2.05, 4.69) is 0 Å². The molecule has 3 nitrogen and oxygen atoms in total. The Morgan fingerprint density at radius 1 is 1.45 bits per heavy atom. The number of nitrogens with one attached hydrogen (secondary N) is 1. The highest BCUT2D eigenvalue weighted by atomic mass is 19.3. The summed E-state index contributed by atoms with van der Waals surface area (Å²) in [7, 11) is 0. The molecule has 0 aliphatic carbocycles. The number of hydrogen-bond donors (Lipinski definition) is 2. The largest absolute Gasteiger partial charge is 0.377 e. The summed E-state index contributed by atoms with van der Waals surface area (Å²) in [4.78, 5) is 0. The Labute approximate surface area is 64.9 Å². The van der Waals surface area contributed by atoms with E-state index in [0.29, 0.717) is 0 Å². The first-order chi connectivity index (χ1) is 5.07. The Hall–Kier alpha value is -0.260. The third-order valence-electron chi connectivity index (χ3n) is 1.13. The SMILES string of the molecule is CC(C)OCC(NN)C(F)F. The zero-order valence-electron chi connectivity index (χ0n) is 6.68. The number of hydrogen-bond acceptors (Lipinski definition) is 3. The van der Waals surface area contributed by atoms with E-state index in [-0.39, 0.29) is 12.7 Å². The summed E-state index contributed by atoms with van der Waals surface area (Å²) in [5, 5.41) is 0. The Balaban J connectivity index is 3.52. The van der Waals surface area contributed by atoms with E-state index >= 15 is 0 Å². The van der Waals surface area contributed by atoms with Gasteiger partial charge in [-0.2, -0.15) is 0 Å². The summed E-state index contributed by atoms with van der Waals surface area (Å²) in [6.45, 7) is 3.49. The molecule has 0 aliphatic rings. The minimum atomic E-state index is -2.49. The van der Waals surface area contributed by atoms with Gasteiger partial charge in [0.25, 0.3) is 6.43 Å². The Morgan fingerprint density at radius 2 is 2.00 bits per heavy atom. The Bertz CT molecular complexity index is 101. The van der Waals surface area contributed by atoms with Gasteiger partial charge >= 0.3 is 0 Å². The average Bonchev–Trinajstić information content (AvgIpc) is 1.87. The summed E-state index contributed by atoms with van der Waals surface area (Å²) in [6, 6.07) is -1.07. The topological polar surface area (TPSA) is 47.3 Å². The predicted molar refractivity (Wildman–Crippen MR) is 38.2 cm³/mol. The van der Waals surface area contributed by atoms with Crippen molar-refractivity contribution >= 4 is 0 Å². The van der Waals surface area contributed by atoms with Crippen molar-refractivity contribution in [3.8, 4) is 0 Å². The van der Waals surface area contributed by atoms with Gasteiger partial charge in [0.2, 0.25) is 0 Å². The molecule has 5 heteroatoms. The normalized spacial score (nSPS) is 14.5. The summed E-state index contributed by atoms with van der Waals surface area (Å²) in [6.07, 6.45) is -2.54. The minimum Gasteiger partial charge on any atom is -0.377 e. The van der Waals surface area contributed by atoms with Crippen LogP contribution in [0.2, 0.25) is 0 Å². The quantitative estimate of drug-likeness (QED) is 0.464. The van der Waals surface area contributed by atoms with Gasteiger partial charge in [-0.05, 0) is 13.8 Å². The van der Waals surface area contributed by atoms with Crippen molar-refractivity contribution in [3.05, 3.63) is 0 Å². The molecule has 0 aromatic carbocycles. The van der Waals surface area contributed by atoms with Crippen molar-refractivity contribution in [3.63, 3.8) is 0 Å². The highest BCUT2D eigenvalue weighted by Gasteiger charge is 2.18. The summed E-state index contributed by atoms with van der Waals surface area (Å²) < 4.78 is 28.8. The van der Waals surface area contributed by atoms with E-state index in [1.54, 1.807) is 13.8 Å². The van der Waals surface area contributed by atoms with Crippen LogP contribution in [0.1, 0.15) is 13.8 Å². The average molecular weight is 168 g/mol. The van der Waals surface area contributed by atoms with Crippen molar-refractivity contribution in [2.24, 2.45) is 5.84 Å².